The van der Waals surface area contributed by atoms with E-state index in [0.29, 0.717) is 6.04 Å². The Morgan fingerprint density at radius 2 is 2.06 bits per heavy atom. The van der Waals surface area contributed by atoms with Crippen LogP contribution in [0.4, 0.5) is 0 Å². The van der Waals surface area contributed by atoms with Gasteiger partial charge in [0.1, 0.15) is 18.7 Å². The zero-order valence-electron chi connectivity index (χ0n) is 9.80. The number of quaternary nitrogens is 1. The molecule has 0 aliphatic carbocycles. The summed E-state index contributed by atoms with van der Waals surface area (Å²) in [7, 11) is 0. The van der Waals surface area contributed by atoms with E-state index in [9.17, 15) is 5.26 Å². The van der Waals surface area contributed by atoms with E-state index < -0.39 is 0 Å². The summed E-state index contributed by atoms with van der Waals surface area (Å²) in [4.78, 5) is 1.34. The van der Waals surface area contributed by atoms with Crippen LogP contribution >= 0.6 is 0 Å². The van der Waals surface area contributed by atoms with Gasteiger partial charge in [-0.05, 0) is 6.42 Å². The van der Waals surface area contributed by atoms with Crippen LogP contribution < -0.4 is 4.90 Å². The van der Waals surface area contributed by atoms with E-state index in [0.717, 1.165) is 25.9 Å². The summed E-state index contributed by atoms with van der Waals surface area (Å²) in [5.41, 5.74) is 1.30. The quantitative estimate of drug-likeness (QED) is 0.781. The van der Waals surface area contributed by atoms with E-state index in [4.69, 9.17) is 4.74 Å². The van der Waals surface area contributed by atoms with Crippen LogP contribution in [0.5, 0.6) is 0 Å². The SMILES string of the molecule is N#C[C@@H]1CCC[C@@H]2OC[C@@H](c3ccccc3)[NH+]12. The van der Waals surface area contributed by atoms with Crippen molar-refractivity contribution < 1.29 is 9.64 Å². The summed E-state index contributed by atoms with van der Waals surface area (Å²) in [6, 6.07) is 13.3. The first-order chi connectivity index (χ1) is 8.40. The number of rotatable bonds is 1. The Hall–Kier alpha value is -1.37. The molecule has 0 aromatic heterocycles. The number of nitriles is 1. The lowest BCUT2D eigenvalue weighted by molar-refractivity contribution is -0.973. The van der Waals surface area contributed by atoms with Crippen molar-refractivity contribution in [3.8, 4) is 6.07 Å². The van der Waals surface area contributed by atoms with Gasteiger partial charge in [-0.3, -0.25) is 4.90 Å². The van der Waals surface area contributed by atoms with Gasteiger partial charge in [-0.2, -0.15) is 5.26 Å². The van der Waals surface area contributed by atoms with Crippen molar-refractivity contribution in [1.82, 2.24) is 0 Å². The first-order valence-electron chi connectivity index (χ1n) is 6.33. The summed E-state index contributed by atoms with van der Waals surface area (Å²) >= 11 is 0. The number of hydrogen-bond donors (Lipinski definition) is 1. The number of fused-ring (bicyclic) bond motifs is 1. The molecule has 2 saturated heterocycles. The van der Waals surface area contributed by atoms with Gasteiger partial charge >= 0.3 is 0 Å². The summed E-state index contributed by atoms with van der Waals surface area (Å²) in [5, 5.41) is 9.28. The van der Waals surface area contributed by atoms with Crippen LogP contribution in [0, 0.1) is 11.3 Å². The number of nitrogens with one attached hydrogen (secondary N) is 1. The van der Waals surface area contributed by atoms with Crippen molar-refractivity contribution in [2.45, 2.75) is 37.6 Å². The molecule has 2 aliphatic rings. The lowest BCUT2D eigenvalue weighted by Crippen LogP contribution is -3.18. The van der Waals surface area contributed by atoms with Crippen molar-refractivity contribution in [2.75, 3.05) is 6.61 Å². The zero-order chi connectivity index (χ0) is 11.7. The van der Waals surface area contributed by atoms with E-state index >= 15 is 0 Å². The normalized spacial score (nSPS) is 36.2. The third kappa shape index (κ3) is 1.84. The van der Waals surface area contributed by atoms with Crippen molar-refractivity contribution in [3.05, 3.63) is 35.9 Å². The molecule has 17 heavy (non-hydrogen) atoms. The van der Waals surface area contributed by atoms with E-state index in [1.165, 1.54) is 10.5 Å². The van der Waals surface area contributed by atoms with Gasteiger partial charge < -0.3 is 4.74 Å². The molecule has 2 heterocycles. The third-order valence-electron chi connectivity index (χ3n) is 3.96. The van der Waals surface area contributed by atoms with Crippen LogP contribution in [-0.2, 0) is 4.74 Å². The molecule has 3 heteroatoms. The minimum atomic E-state index is 0.0986. The molecular weight excluding hydrogens is 212 g/mol. The highest BCUT2D eigenvalue weighted by molar-refractivity contribution is 5.18. The second-order valence-electron chi connectivity index (χ2n) is 4.90. The molecule has 3 rings (SSSR count). The highest BCUT2D eigenvalue weighted by Gasteiger charge is 2.46. The fraction of sp³-hybridized carbons (Fsp3) is 0.500. The molecule has 88 valence electrons. The molecule has 4 atom stereocenters. The van der Waals surface area contributed by atoms with Crippen molar-refractivity contribution in [3.63, 3.8) is 0 Å². The average molecular weight is 229 g/mol. The molecule has 2 fully saturated rings. The zero-order valence-corrected chi connectivity index (χ0v) is 9.80. The lowest BCUT2D eigenvalue weighted by atomic mass is 9.98. The Labute approximate surface area is 102 Å². The fourth-order valence-corrected chi connectivity index (χ4v) is 3.13. The second-order valence-corrected chi connectivity index (χ2v) is 4.90. The average Bonchev–Trinajstić information content (AvgIpc) is 2.83. The molecule has 1 aromatic rings. The molecular formula is C14H17N2O+. The third-order valence-corrected chi connectivity index (χ3v) is 3.96. The van der Waals surface area contributed by atoms with Gasteiger partial charge in [-0.1, -0.05) is 30.3 Å². The molecule has 0 amide bonds. The standard InChI is InChI=1S/C14H16N2O/c15-9-12-7-4-8-14-16(12)13(10-17-14)11-5-2-1-3-6-11/h1-3,5-6,12-14H,4,7-8,10H2/p+1/t12-,13-,14-/m0/s1. The highest BCUT2D eigenvalue weighted by atomic mass is 16.5. The van der Waals surface area contributed by atoms with Crippen LogP contribution in [-0.4, -0.2) is 18.9 Å². The van der Waals surface area contributed by atoms with Gasteiger partial charge in [0.05, 0.1) is 0 Å². The van der Waals surface area contributed by atoms with Crippen LogP contribution in [0.15, 0.2) is 30.3 Å². The summed E-state index contributed by atoms with van der Waals surface area (Å²) in [6.07, 6.45) is 3.46. The van der Waals surface area contributed by atoms with Crippen LogP contribution in [0.1, 0.15) is 30.9 Å². The van der Waals surface area contributed by atoms with Crippen molar-refractivity contribution in [1.29, 1.82) is 5.26 Å². The van der Waals surface area contributed by atoms with E-state index in [1.54, 1.807) is 0 Å². The number of hydrogen-bond acceptors (Lipinski definition) is 2. The lowest BCUT2D eigenvalue weighted by Gasteiger charge is -2.32. The first-order valence-corrected chi connectivity index (χ1v) is 6.33. The van der Waals surface area contributed by atoms with Gasteiger partial charge in [0.2, 0.25) is 0 Å². The largest absolute Gasteiger partial charge is 0.323 e. The van der Waals surface area contributed by atoms with Crippen LogP contribution in [0.25, 0.3) is 0 Å². The molecule has 1 N–H and O–H groups in total. The van der Waals surface area contributed by atoms with Crippen LogP contribution in [0.3, 0.4) is 0 Å². The fourth-order valence-electron chi connectivity index (χ4n) is 3.13. The Kier molecular flexibility index (Phi) is 2.84. The first kappa shape index (κ1) is 10.8. The van der Waals surface area contributed by atoms with E-state index in [2.05, 4.69) is 30.3 Å². The molecule has 0 spiro atoms. The summed E-state index contributed by atoms with van der Waals surface area (Å²) in [5.74, 6) is 0. The molecule has 2 aliphatic heterocycles. The molecule has 1 aromatic carbocycles. The Morgan fingerprint density at radius 3 is 2.82 bits per heavy atom. The maximum atomic E-state index is 9.28. The van der Waals surface area contributed by atoms with Crippen molar-refractivity contribution >= 4 is 0 Å². The molecule has 0 bridgehead atoms. The second kappa shape index (κ2) is 4.48. The molecule has 1 unspecified atom stereocenters. The minimum absolute atomic E-state index is 0.0986. The maximum absolute atomic E-state index is 9.28. The van der Waals surface area contributed by atoms with Gasteiger partial charge in [0.25, 0.3) is 0 Å². The topological polar surface area (TPSA) is 37.5 Å². The minimum Gasteiger partial charge on any atom is -0.323 e. The number of piperidine rings is 1. The van der Waals surface area contributed by atoms with Crippen LogP contribution in [0.2, 0.25) is 0 Å². The number of nitrogens with zero attached hydrogens (tertiary/aromatic N) is 1. The Bertz CT molecular complexity index is 426. The molecule has 0 saturated carbocycles. The predicted octanol–water partition coefficient (Wildman–Crippen LogP) is 1.04. The predicted molar refractivity (Wildman–Crippen MR) is 63.1 cm³/mol. The van der Waals surface area contributed by atoms with Gasteiger partial charge in [-0.15, -0.1) is 0 Å². The van der Waals surface area contributed by atoms with Gasteiger partial charge in [0.15, 0.2) is 12.3 Å². The summed E-state index contributed by atoms with van der Waals surface area (Å²) in [6.45, 7) is 0.752. The Morgan fingerprint density at radius 1 is 1.24 bits per heavy atom. The van der Waals surface area contributed by atoms with E-state index in [-0.39, 0.29) is 12.3 Å². The Balaban J connectivity index is 1.89. The van der Waals surface area contributed by atoms with Gasteiger partial charge in [-0.25, -0.2) is 0 Å². The number of ether oxygens (including phenoxy) is 1. The molecule has 3 nitrogen and oxygen atoms in total. The smallest absolute Gasteiger partial charge is 0.193 e. The highest BCUT2D eigenvalue weighted by Crippen LogP contribution is 2.22. The maximum Gasteiger partial charge on any atom is 0.193 e. The van der Waals surface area contributed by atoms with Gasteiger partial charge in [0, 0.05) is 18.4 Å². The van der Waals surface area contributed by atoms with E-state index in [1.807, 2.05) is 6.07 Å². The van der Waals surface area contributed by atoms with Crippen molar-refractivity contribution in [2.24, 2.45) is 0 Å². The monoisotopic (exact) mass is 229 g/mol. The number of benzene rings is 1. The molecule has 0 radical (unpaired) electrons. The summed E-state index contributed by atoms with van der Waals surface area (Å²) < 4.78 is 5.87.